The fraction of sp³-hybridized carbons (Fsp3) is 0.263. The third kappa shape index (κ3) is 4.95. The maximum absolute atomic E-state index is 12.9. The molecule has 1 N–H and O–H groups in total. The molecule has 0 fully saturated rings. The zero-order valence-corrected chi connectivity index (χ0v) is 14.7. The number of esters is 1. The highest BCUT2D eigenvalue weighted by molar-refractivity contribution is 5.97. The van der Waals surface area contributed by atoms with E-state index in [-0.39, 0.29) is 5.56 Å². The van der Waals surface area contributed by atoms with E-state index >= 15 is 0 Å². The van der Waals surface area contributed by atoms with Crippen LogP contribution >= 0.6 is 0 Å². The van der Waals surface area contributed by atoms with Gasteiger partial charge in [-0.05, 0) is 56.3 Å². The lowest BCUT2D eigenvalue weighted by atomic mass is 10.2. The van der Waals surface area contributed by atoms with Gasteiger partial charge in [-0.3, -0.25) is 4.79 Å². The van der Waals surface area contributed by atoms with Crippen molar-refractivity contribution >= 4 is 17.6 Å². The molecule has 0 aromatic heterocycles. The minimum absolute atomic E-state index is 0.228. The summed E-state index contributed by atoms with van der Waals surface area (Å²) in [5.41, 5.74) is 0.633. The molecule has 0 saturated heterocycles. The average molecular weight is 361 g/mol. The highest BCUT2D eigenvalue weighted by atomic mass is 19.1. The van der Waals surface area contributed by atoms with Gasteiger partial charge in [0.1, 0.15) is 5.82 Å². The molecule has 0 heterocycles. The summed E-state index contributed by atoms with van der Waals surface area (Å²) in [5, 5.41) is 2.55. The van der Waals surface area contributed by atoms with Crippen LogP contribution in [0.5, 0.6) is 11.5 Å². The molecule has 0 aliphatic rings. The number of carbonyl (C=O) groups is 2. The van der Waals surface area contributed by atoms with E-state index in [0.29, 0.717) is 23.8 Å². The Labute approximate surface area is 150 Å². The van der Waals surface area contributed by atoms with E-state index in [1.165, 1.54) is 50.4 Å². The minimum Gasteiger partial charge on any atom is -0.493 e. The highest BCUT2D eigenvalue weighted by Crippen LogP contribution is 2.28. The van der Waals surface area contributed by atoms with Crippen molar-refractivity contribution < 1.29 is 28.2 Å². The van der Waals surface area contributed by atoms with Gasteiger partial charge in [0.15, 0.2) is 17.6 Å². The predicted molar refractivity (Wildman–Crippen MR) is 94.1 cm³/mol. The summed E-state index contributed by atoms with van der Waals surface area (Å²) in [5.74, 6) is -0.707. The van der Waals surface area contributed by atoms with Crippen LogP contribution in [-0.4, -0.2) is 31.7 Å². The Bertz CT molecular complexity index is 776. The third-order valence-electron chi connectivity index (χ3n) is 3.46. The lowest BCUT2D eigenvalue weighted by Gasteiger charge is -2.15. The monoisotopic (exact) mass is 361 g/mol. The Hall–Kier alpha value is -3.09. The molecule has 7 heteroatoms. The number of ether oxygens (including phenoxy) is 3. The zero-order chi connectivity index (χ0) is 19.1. The number of carbonyl (C=O) groups excluding carboxylic acids is 2. The predicted octanol–water partition coefficient (Wildman–Crippen LogP) is 3.42. The van der Waals surface area contributed by atoms with Crippen LogP contribution in [0.15, 0.2) is 42.5 Å². The lowest BCUT2D eigenvalue weighted by Crippen LogP contribution is -2.30. The first-order valence-corrected chi connectivity index (χ1v) is 8.02. The van der Waals surface area contributed by atoms with Crippen LogP contribution in [0.4, 0.5) is 10.1 Å². The summed E-state index contributed by atoms with van der Waals surface area (Å²) in [7, 11) is 1.46. The topological polar surface area (TPSA) is 73.9 Å². The average Bonchev–Trinajstić information content (AvgIpc) is 2.64. The van der Waals surface area contributed by atoms with Gasteiger partial charge in [-0.25, -0.2) is 9.18 Å². The number of rotatable bonds is 7. The summed E-state index contributed by atoms with van der Waals surface area (Å²) in [6.07, 6.45) is -1.04. The Morgan fingerprint density at radius 3 is 2.42 bits per heavy atom. The molecule has 2 rings (SSSR count). The smallest absolute Gasteiger partial charge is 0.339 e. The standard InChI is InChI=1S/C19H20FNO5/c1-4-25-16-10-5-13(11-17(16)24-3)19(23)26-12(2)18(22)21-15-8-6-14(20)7-9-15/h5-12H,4H2,1-3H3,(H,21,22)/t12-/m0/s1. The molecule has 0 saturated carbocycles. The van der Waals surface area contributed by atoms with E-state index in [1.54, 1.807) is 6.07 Å². The summed E-state index contributed by atoms with van der Waals surface area (Å²) >= 11 is 0. The number of benzene rings is 2. The van der Waals surface area contributed by atoms with Crippen molar-refractivity contribution in [2.24, 2.45) is 0 Å². The van der Waals surface area contributed by atoms with Gasteiger partial charge >= 0.3 is 5.97 Å². The normalized spacial score (nSPS) is 11.4. The van der Waals surface area contributed by atoms with Crippen LogP contribution in [0.1, 0.15) is 24.2 Å². The molecule has 6 nitrogen and oxygen atoms in total. The highest BCUT2D eigenvalue weighted by Gasteiger charge is 2.20. The Balaban J connectivity index is 2.01. The first-order chi connectivity index (χ1) is 12.4. The van der Waals surface area contributed by atoms with Crippen LogP contribution in [-0.2, 0) is 9.53 Å². The van der Waals surface area contributed by atoms with Crippen molar-refractivity contribution in [3.05, 3.63) is 53.8 Å². The van der Waals surface area contributed by atoms with Crippen molar-refractivity contribution in [1.82, 2.24) is 0 Å². The first-order valence-electron chi connectivity index (χ1n) is 8.02. The first kappa shape index (κ1) is 19.2. The van der Waals surface area contributed by atoms with E-state index in [4.69, 9.17) is 14.2 Å². The van der Waals surface area contributed by atoms with E-state index in [9.17, 15) is 14.0 Å². The summed E-state index contributed by atoms with van der Waals surface area (Å²) in [6.45, 7) is 3.74. The molecule has 0 radical (unpaired) electrons. The second-order valence-corrected chi connectivity index (χ2v) is 5.34. The van der Waals surface area contributed by atoms with Crippen molar-refractivity contribution in [2.75, 3.05) is 19.0 Å². The van der Waals surface area contributed by atoms with Crippen LogP contribution in [0.25, 0.3) is 0 Å². The van der Waals surface area contributed by atoms with E-state index < -0.39 is 23.8 Å². The van der Waals surface area contributed by atoms with Gasteiger partial charge < -0.3 is 19.5 Å². The molecule has 0 aliphatic heterocycles. The van der Waals surface area contributed by atoms with E-state index in [0.717, 1.165) is 0 Å². The fourth-order valence-corrected chi connectivity index (χ4v) is 2.13. The van der Waals surface area contributed by atoms with Crippen LogP contribution in [0, 0.1) is 5.82 Å². The largest absolute Gasteiger partial charge is 0.493 e. The molecule has 26 heavy (non-hydrogen) atoms. The Kier molecular flexibility index (Phi) is 6.54. The number of halogens is 1. The molecule has 1 atom stereocenters. The molecular formula is C19H20FNO5. The molecule has 1 amide bonds. The number of nitrogens with one attached hydrogen (secondary N) is 1. The van der Waals surface area contributed by atoms with E-state index in [1.807, 2.05) is 6.92 Å². The quantitative estimate of drug-likeness (QED) is 0.765. The number of methoxy groups -OCH3 is 1. The van der Waals surface area contributed by atoms with Crippen LogP contribution in [0.3, 0.4) is 0 Å². The molecule has 138 valence electrons. The third-order valence-corrected chi connectivity index (χ3v) is 3.46. The van der Waals surface area contributed by atoms with Crippen molar-refractivity contribution in [3.63, 3.8) is 0 Å². The second-order valence-electron chi connectivity index (χ2n) is 5.34. The van der Waals surface area contributed by atoms with Crippen LogP contribution in [0.2, 0.25) is 0 Å². The molecule has 2 aromatic carbocycles. The van der Waals surface area contributed by atoms with Crippen molar-refractivity contribution in [1.29, 1.82) is 0 Å². The molecule has 0 aliphatic carbocycles. The SMILES string of the molecule is CCOc1ccc(C(=O)O[C@@H](C)C(=O)Nc2ccc(F)cc2)cc1OC. The van der Waals surface area contributed by atoms with Gasteiger partial charge in [0.25, 0.3) is 5.91 Å². The molecular weight excluding hydrogens is 341 g/mol. The van der Waals surface area contributed by atoms with Crippen molar-refractivity contribution in [3.8, 4) is 11.5 Å². The van der Waals surface area contributed by atoms with Gasteiger partial charge in [0.05, 0.1) is 19.3 Å². The Morgan fingerprint density at radius 1 is 1.12 bits per heavy atom. The van der Waals surface area contributed by atoms with E-state index in [2.05, 4.69) is 5.32 Å². The molecule has 0 spiro atoms. The lowest BCUT2D eigenvalue weighted by molar-refractivity contribution is -0.123. The summed E-state index contributed by atoms with van der Waals surface area (Å²) < 4.78 is 28.6. The minimum atomic E-state index is -1.04. The molecule has 2 aromatic rings. The summed E-state index contributed by atoms with van der Waals surface area (Å²) in [4.78, 5) is 24.3. The second kappa shape index (κ2) is 8.84. The zero-order valence-electron chi connectivity index (χ0n) is 14.7. The summed E-state index contributed by atoms with van der Waals surface area (Å²) in [6, 6.07) is 9.88. The van der Waals surface area contributed by atoms with Crippen molar-refractivity contribution in [2.45, 2.75) is 20.0 Å². The van der Waals surface area contributed by atoms with Gasteiger partial charge in [0, 0.05) is 5.69 Å². The number of amides is 1. The van der Waals surface area contributed by atoms with Gasteiger partial charge in [-0.1, -0.05) is 0 Å². The van der Waals surface area contributed by atoms with Gasteiger partial charge in [-0.15, -0.1) is 0 Å². The number of hydrogen-bond acceptors (Lipinski definition) is 5. The number of hydrogen-bond donors (Lipinski definition) is 1. The molecule has 0 bridgehead atoms. The number of anilines is 1. The van der Waals surface area contributed by atoms with Crippen LogP contribution < -0.4 is 14.8 Å². The van der Waals surface area contributed by atoms with Gasteiger partial charge in [-0.2, -0.15) is 0 Å². The van der Waals surface area contributed by atoms with Gasteiger partial charge in [0.2, 0.25) is 0 Å². The molecule has 0 unspecified atom stereocenters. The fourth-order valence-electron chi connectivity index (χ4n) is 2.13. The maximum Gasteiger partial charge on any atom is 0.339 e. The maximum atomic E-state index is 12.9. The Morgan fingerprint density at radius 2 is 1.81 bits per heavy atom.